The number of carbonyl (C=O) groups is 1. The van der Waals surface area contributed by atoms with Gasteiger partial charge >= 0.3 is 0 Å². The van der Waals surface area contributed by atoms with E-state index in [1.807, 2.05) is 11.8 Å². The zero-order valence-corrected chi connectivity index (χ0v) is 10.5. The van der Waals surface area contributed by atoms with Gasteiger partial charge in [-0.05, 0) is 25.5 Å². The minimum atomic E-state index is 0.0273. The predicted molar refractivity (Wildman–Crippen MR) is 66.0 cm³/mol. The first-order chi connectivity index (χ1) is 7.12. The molecule has 1 atom stereocenters. The summed E-state index contributed by atoms with van der Waals surface area (Å²) < 4.78 is 0.352. The number of carbonyl (C=O) groups excluding carboxylic acids is 1. The average molecular weight is 230 g/mol. The molecule has 1 aliphatic rings. The molecule has 15 heavy (non-hydrogen) atoms. The molecule has 0 bridgehead atoms. The SMILES string of the molecule is CCCC(N)CC(=O)NCC1(SC)CC1. The van der Waals surface area contributed by atoms with E-state index in [-0.39, 0.29) is 11.9 Å². The Bertz CT molecular complexity index is 217. The van der Waals surface area contributed by atoms with Gasteiger partial charge in [0.1, 0.15) is 0 Å². The Morgan fingerprint density at radius 3 is 2.73 bits per heavy atom. The lowest BCUT2D eigenvalue weighted by atomic mass is 10.1. The summed E-state index contributed by atoms with van der Waals surface area (Å²) >= 11 is 1.86. The van der Waals surface area contributed by atoms with Crippen LogP contribution in [0, 0.1) is 0 Å². The molecule has 0 spiro atoms. The molecule has 0 radical (unpaired) electrons. The number of amides is 1. The van der Waals surface area contributed by atoms with Crippen LogP contribution in [0.3, 0.4) is 0 Å². The van der Waals surface area contributed by atoms with E-state index >= 15 is 0 Å². The molecule has 3 N–H and O–H groups in total. The van der Waals surface area contributed by atoms with E-state index < -0.39 is 0 Å². The second-order valence-electron chi connectivity index (χ2n) is 4.42. The number of hydrogen-bond acceptors (Lipinski definition) is 3. The summed E-state index contributed by atoms with van der Waals surface area (Å²) in [6.45, 7) is 2.90. The van der Waals surface area contributed by atoms with Crippen molar-refractivity contribution in [3.63, 3.8) is 0 Å². The van der Waals surface area contributed by atoms with Crippen LogP contribution >= 0.6 is 11.8 Å². The van der Waals surface area contributed by atoms with Crippen LogP contribution in [0.2, 0.25) is 0 Å². The highest BCUT2D eigenvalue weighted by Gasteiger charge is 2.41. The van der Waals surface area contributed by atoms with Crippen LogP contribution in [-0.2, 0) is 4.79 Å². The average Bonchev–Trinajstić information content (AvgIpc) is 2.96. The second-order valence-corrected chi connectivity index (χ2v) is 5.69. The molecule has 88 valence electrons. The second kappa shape index (κ2) is 5.75. The van der Waals surface area contributed by atoms with Crippen molar-refractivity contribution in [3.05, 3.63) is 0 Å². The zero-order chi connectivity index (χ0) is 11.3. The summed E-state index contributed by atoms with van der Waals surface area (Å²) in [6.07, 6.45) is 7.02. The van der Waals surface area contributed by atoms with Gasteiger partial charge in [-0.3, -0.25) is 4.79 Å². The molecule has 1 rings (SSSR count). The van der Waals surface area contributed by atoms with E-state index in [0.717, 1.165) is 19.4 Å². The van der Waals surface area contributed by atoms with Crippen molar-refractivity contribution in [3.8, 4) is 0 Å². The predicted octanol–water partition coefficient (Wildman–Crippen LogP) is 1.52. The van der Waals surface area contributed by atoms with Gasteiger partial charge in [0.15, 0.2) is 0 Å². The molecule has 0 heterocycles. The maximum Gasteiger partial charge on any atom is 0.221 e. The lowest BCUT2D eigenvalue weighted by Crippen LogP contribution is -2.35. The van der Waals surface area contributed by atoms with Crippen LogP contribution in [0.15, 0.2) is 0 Å². The van der Waals surface area contributed by atoms with E-state index in [2.05, 4.69) is 18.5 Å². The highest BCUT2D eigenvalue weighted by molar-refractivity contribution is 8.00. The summed E-state index contributed by atoms with van der Waals surface area (Å²) in [5, 5.41) is 2.99. The molecule has 1 unspecified atom stereocenters. The van der Waals surface area contributed by atoms with Crippen molar-refractivity contribution < 1.29 is 4.79 Å². The smallest absolute Gasteiger partial charge is 0.221 e. The third-order valence-electron chi connectivity index (χ3n) is 2.96. The Morgan fingerprint density at radius 1 is 1.60 bits per heavy atom. The minimum Gasteiger partial charge on any atom is -0.355 e. The summed E-state index contributed by atoms with van der Waals surface area (Å²) in [6, 6.07) is 0.0273. The summed E-state index contributed by atoms with van der Waals surface area (Å²) in [5.74, 6) is 0.108. The number of thioether (sulfide) groups is 1. The van der Waals surface area contributed by atoms with Gasteiger partial charge in [-0.15, -0.1) is 0 Å². The van der Waals surface area contributed by atoms with Gasteiger partial charge in [-0.2, -0.15) is 11.8 Å². The largest absolute Gasteiger partial charge is 0.355 e. The van der Waals surface area contributed by atoms with E-state index in [4.69, 9.17) is 5.73 Å². The molecule has 1 fully saturated rings. The van der Waals surface area contributed by atoms with Crippen LogP contribution in [0.1, 0.15) is 39.0 Å². The maximum atomic E-state index is 11.5. The zero-order valence-electron chi connectivity index (χ0n) is 9.71. The van der Waals surface area contributed by atoms with Crippen molar-refractivity contribution in [2.24, 2.45) is 5.73 Å². The normalized spacial score (nSPS) is 19.7. The van der Waals surface area contributed by atoms with Crippen LogP contribution in [0.25, 0.3) is 0 Å². The van der Waals surface area contributed by atoms with Crippen molar-refractivity contribution in [1.82, 2.24) is 5.32 Å². The summed E-state index contributed by atoms with van der Waals surface area (Å²) in [5.41, 5.74) is 5.81. The third kappa shape index (κ3) is 4.43. The standard InChI is InChI=1S/C11H22N2OS/c1-3-4-9(12)7-10(14)13-8-11(15-2)5-6-11/h9H,3-8,12H2,1-2H3,(H,13,14). The minimum absolute atomic E-state index is 0.0273. The molecular formula is C11H22N2OS. The van der Waals surface area contributed by atoms with E-state index in [0.29, 0.717) is 11.2 Å². The number of rotatable bonds is 7. The Morgan fingerprint density at radius 2 is 2.27 bits per heavy atom. The number of nitrogens with one attached hydrogen (secondary N) is 1. The Hall–Kier alpha value is -0.220. The highest BCUT2D eigenvalue weighted by Crippen LogP contribution is 2.46. The van der Waals surface area contributed by atoms with Gasteiger partial charge in [0, 0.05) is 23.8 Å². The first-order valence-corrected chi connectivity index (χ1v) is 6.92. The van der Waals surface area contributed by atoms with Gasteiger partial charge in [0.2, 0.25) is 5.91 Å². The van der Waals surface area contributed by atoms with E-state index in [9.17, 15) is 4.79 Å². The fourth-order valence-electron chi connectivity index (χ4n) is 1.64. The fourth-order valence-corrected chi connectivity index (χ4v) is 2.36. The van der Waals surface area contributed by atoms with Gasteiger partial charge in [-0.25, -0.2) is 0 Å². The molecule has 0 aromatic carbocycles. The maximum absolute atomic E-state index is 11.5. The Labute approximate surface area is 96.6 Å². The van der Waals surface area contributed by atoms with Gasteiger partial charge < -0.3 is 11.1 Å². The fraction of sp³-hybridized carbons (Fsp3) is 0.909. The first-order valence-electron chi connectivity index (χ1n) is 5.69. The molecule has 1 saturated carbocycles. The molecule has 0 saturated heterocycles. The summed E-state index contributed by atoms with van der Waals surface area (Å²) in [4.78, 5) is 11.5. The molecule has 0 aromatic heterocycles. The quantitative estimate of drug-likeness (QED) is 0.697. The third-order valence-corrected chi connectivity index (χ3v) is 4.37. The van der Waals surface area contributed by atoms with Crippen LogP contribution in [-0.4, -0.2) is 29.5 Å². The van der Waals surface area contributed by atoms with Crippen LogP contribution in [0.4, 0.5) is 0 Å². The molecule has 3 nitrogen and oxygen atoms in total. The van der Waals surface area contributed by atoms with Crippen LogP contribution < -0.4 is 11.1 Å². The van der Waals surface area contributed by atoms with Crippen molar-refractivity contribution in [1.29, 1.82) is 0 Å². The molecule has 1 amide bonds. The Kier molecular flexibility index (Phi) is 4.93. The van der Waals surface area contributed by atoms with Gasteiger partial charge in [-0.1, -0.05) is 13.3 Å². The molecule has 0 aliphatic heterocycles. The lowest BCUT2D eigenvalue weighted by molar-refractivity contribution is -0.121. The lowest BCUT2D eigenvalue weighted by Gasteiger charge is -2.14. The van der Waals surface area contributed by atoms with E-state index in [1.165, 1.54) is 12.8 Å². The summed E-state index contributed by atoms with van der Waals surface area (Å²) in [7, 11) is 0. The molecule has 1 aliphatic carbocycles. The molecular weight excluding hydrogens is 208 g/mol. The van der Waals surface area contributed by atoms with Crippen molar-refractivity contribution in [2.75, 3.05) is 12.8 Å². The molecule has 0 aromatic rings. The monoisotopic (exact) mass is 230 g/mol. The first kappa shape index (κ1) is 12.8. The highest BCUT2D eigenvalue weighted by atomic mass is 32.2. The van der Waals surface area contributed by atoms with Gasteiger partial charge in [0.05, 0.1) is 0 Å². The molecule has 4 heteroatoms. The van der Waals surface area contributed by atoms with Crippen molar-refractivity contribution in [2.45, 2.75) is 49.8 Å². The van der Waals surface area contributed by atoms with Crippen molar-refractivity contribution >= 4 is 17.7 Å². The van der Waals surface area contributed by atoms with Crippen LogP contribution in [0.5, 0.6) is 0 Å². The number of hydrogen-bond donors (Lipinski definition) is 2. The van der Waals surface area contributed by atoms with E-state index in [1.54, 1.807) is 0 Å². The Balaban J connectivity index is 2.13. The topological polar surface area (TPSA) is 55.1 Å². The van der Waals surface area contributed by atoms with Gasteiger partial charge in [0.25, 0.3) is 0 Å². The number of nitrogens with two attached hydrogens (primary N) is 1.